The number of aryl methyl sites for hydroxylation is 1. The molecule has 0 aromatic heterocycles. The van der Waals surface area contributed by atoms with Crippen molar-refractivity contribution in [3.63, 3.8) is 0 Å². The molecule has 2 aromatic rings. The van der Waals surface area contributed by atoms with Gasteiger partial charge in [0, 0.05) is 24.5 Å². The molecule has 0 bridgehead atoms. The third kappa shape index (κ3) is 5.58. The molecule has 0 aliphatic carbocycles. The molecule has 0 atom stereocenters. The first-order valence-corrected chi connectivity index (χ1v) is 7.86. The summed E-state index contributed by atoms with van der Waals surface area (Å²) in [5.74, 6) is 0.621. The zero-order valence-corrected chi connectivity index (χ0v) is 14.1. The second kappa shape index (κ2) is 8.56. The molecule has 0 saturated carbocycles. The van der Waals surface area contributed by atoms with Gasteiger partial charge in [-0.2, -0.15) is 0 Å². The highest BCUT2D eigenvalue weighted by Gasteiger charge is 2.07. The minimum absolute atomic E-state index is 0.0440. The van der Waals surface area contributed by atoms with E-state index in [1.165, 1.54) is 0 Å². The van der Waals surface area contributed by atoms with Crippen LogP contribution in [-0.2, 0) is 11.3 Å². The number of hydrogen-bond acceptors (Lipinski definition) is 3. The van der Waals surface area contributed by atoms with E-state index in [1.54, 1.807) is 7.11 Å². The van der Waals surface area contributed by atoms with Crippen molar-refractivity contribution in [2.45, 2.75) is 19.9 Å². The van der Waals surface area contributed by atoms with Crippen molar-refractivity contribution in [2.75, 3.05) is 19.0 Å². The summed E-state index contributed by atoms with van der Waals surface area (Å²) >= 11 is 5.84. The number of halogens is 1. The molecule has 4 nitrogen and oxygen atoms in total. The number of carbonyl (C=O) groups is 1. The van der Waals surface area contributed by atoms with Gasteiger partial charge in [-0.05, 0) is 42.3 Å². The lowest BCUT2D eigenvalue weighted by Gasteiger charge is -2.11. The fraction of sp³-hybridized carbons (Fsp3) is 0.278. The van der Waals surface area contributed by atoms with Crippen molar-refractivity contribution < 1.29 is 9.53 Å². The van der Waals surface area contributed by atoms with Crippen LogP contribution in [0.3, 0.4) is 0 Å². The van der Waals surface area contributed by atoms with Gasteiger partial charge in [-0.15, -0.1) is 0 Å². The fourth-order valence-corrected chi connectivity index (χ4v) is 2.30. The molecule has 0 spiro atoms. The van der Waals surface area contributed by atoms with Crippen molar-refractivity contribution >= 4 is 23.2 Å². The van der Waals surface area contributed by atoms with Crippen molar-refractivity contribution in [3.05, 3.63) is 58.6 Å². The van der Waals surface area contributed by atoms with Gasteiger partial charge in [0.25, 0.3) is 0 Å². The Bertz CT molecular complexity index is 657. The van der Waals surface area contributed by atoms with Crippen molar-refractivity contribution in [1.82, 2.24) is 5.32 Å². The minimum atomic E-state index is -0.0440. The highest BCUT2D eigenvalue weighted by Crippen LogP contribution is 2.25. The summed E-state index contributed by atoms with van der Waals surface area (Å²) in [6, 6.07) is 13.3. The zero-order valence-electron chi connectivity index (χ0n) is 13.4. The average Bonchev–Trinajstić information content (AvgIpc) is 2.53. The smallest absolute Gasteiger partial charge is 0.225 e. The SMILES string of the molecule is COc1ccc(C)cc1NC(=O)CCNCc1ccc(Cl)cc1. The molecule has 5 heteroatoms. The van der Waals surface area contributed by atoms with Crippen LogP contribution in [0, 0.1) is 6.92 Å². The Labute approximate surface area is 141 Å². The number of carbonyl (C=O) groups excluding carboxylic acids is 1. The Kier molecular flexibility index (Phi) is 6.44. The van der Waals surface area contributed by atoms with Gasteiger partial charge < -0.3 is 15.4 Å². The summed E-state index contributed by atoms with van der Waals surface area (Å²) in [5.41, 5.74) is 2.91. The van der Waals surface area contributed by atoms with Crippen LogP contribution >= 0.6 is 11.6 Å². The van der Waals surface area contributed by atoms with Gasteiger partial charge in [-0.1, -0.05) is 29.8 Å². The number of benzene rings is 2. The minimum Gasteiger partial charge on any atom is -0.495 e. The maximum Gasteiger partial charge on any atom is 0.225 e. The van der Waals surface area contributed by atoms with Gasteiger partial charge in [0.1, 0.15) is 5.75 Å². The van der Waals surface area contributed by atoms with E-state index >= 15 is 0 Å². The second-order valence-electron chi connectivity index (χ2n) is 5.31. The molecule has 0 radical (unpaired) electrons. The number of nitrogens with one attached hydrogen (secondary N) is 2. The largest absolute Gasteiger partial charge is 0.495 e. The van der Waals surface area contributed by atoms with Gasteiger partial charge in [-0.3, -0.25) is 4.79 Å². The topological polar surface area (TPSA) is 50.4 Å². The molecule has 0 saturated heterocycles. The Morgan fingerprint density at radius 3 is 2.61 bits per heavy atom. The highest BCUT2D eigenvalue weighted by molar-refractivity contribution is 6.30. The first-order chi connectivity index (χ1) is 11.1. The van der Waals surface area contributed by atoms with Crippen LogP contribution in [0.25, 0.3) is 0 Å². The fourth-order valence-electron chi connectivity index (χ4n) is 2.17. The quantitative estimate of drug-likeness (QED) is 0.759. The number of methoxy groups -OCH3 is 1. The van der Waals surface area contributed by atoms with Gasteiger partial charge in [0.2, 0.25) is 5.91 Å². The Balaban J connectivity index is 1.77. The van der Waals surface area contributed by atoms with Gasteiger partial charge in [0.15, 0.2) is 0 Å². The summed E-state index contributed by atoms with van der Waals surface area (Å²) in [6.45, 7) is 3.28. The molecule has 23 heavy (non-hydrogen) atoms. The maximum atomic E-state index is 12.0. The van der Waals surface area contributed by atoms with Crippen molar-refractivity contribution in [1.29, 1.82) is 0 Å². The predicted molar refractivity (Wildman–Crippen MR) is 94.1 cm³/mol. The average molecular weight is 333 g/mol. The molecule has 2 rings (SSSR count). The number of amides is 1. The summed E-state index contributed by atoms with van der Waals surface area (Å²) in [7, 11) is 1.59. The molecular formula is C18H21ClN2O2. The molecule has 0 aliphatic heterocycles. The predicted octanol–water partition coefficient (Wildman–Crippen LogP) is 3.78. The van der Waals surface area contributed by atoms with Crippen LogP contribution in [-0.4, -0.2) is 19.6 Å². The van der Waals surface area contributed by atoms with E-state index in [0.717, 1.165) is 16.1 Å². The van der Waals surface area contributed by atoms with Crippen LogP contribution < -0.4 is 15.4 Å². The molecule has 2 N–H and O–H groups in total. The van der Waals surface area contributed by atoms with Gasteiger partial charge in [-0.25, -0.2) is 0 Å². The Hall–Kier alpha value is -2.04. The van der Waals surface area contributed by atoms with Crippen molar-refractivity contribution in [2.24, 2.45) is 0 Å². The lowest BCUT2D eigenvalue weighted by atomic mass is 10.2. The summed E-state index contributed by atoms with van der Waals surface area (Å²) in [5, 5.41) is 6.85. The van der Waals surface area contributed by atoms with E-state index in [-0.39, 0.29) is 5.91 Å². The van der Waals surface area contributed by atoms with E-state index < -0.39 is 0 Å². The normalized spacial score (nSPS) is 10.4. The Morgan fingerprint density at radius 1 is 1.17 bits per heavy atom. The lowest BCUT2D eigenvalue weighted by molar-refractivity contribution is -0.116. The number of rotatable bonds is 7. The van der Waals surface area contributed by atoms with E-state index in [0.29, 0.717) is 30.9 Å². The van der Waals surface area contributed by atoms with Crippen molar-refractivity contribution in [3.8, 4) is 5.75 Å². The third-order valence-electron chi connectivity index (χ3n) is 3.40. The summed E-state index contributed by atoms with van der Waals surface area (Å²) in [6.07, 6.45) is 0.394. The number of anilines is 1. The van der Waals surface area contributed by atoms with Crippen LogP contribution in [0.5, 0.6) is 5.75 Å². The molecule has 0 unspecified atom stereocenters. The standard InChI is InChI=1S/C18H21ClN2O2/c1-13-3-8-17(23-2)16(11-13)21-18(22)9-10-20-12-14-4-6-15(19)7-5-14/h3-8,11,20H,9-10,12H2,1-2H3,(H,21,22). The molecule has 0 heterocycles. The second-order valence-corrected chi connectivity index (χ2v) is 5.74. The first-order valence-electron chi connectivity index (χ1n) is 7.48. The van der Waals surface area contributed by atoms with E-state index in [1.807, 2.05) is 49.4 Å². The number of hydrogen-bond donors (Lipinski definition) is 2. The number of ether oxygens (including phenoxy) is 1. The lowest BCUT2D eigenvalue weighted by Crippen LogP contribution is -2.21. The zero-order chi connectivity index (χ0) is 16.7. The third-order valence-corrected chi connectivity index (χ3v) is 3.65. The molecule has 1 amide bonds. The van der Waals surface area contributed by atoms with Crippen LogP contribution in [0.2, 0.25) is 5.02 Å². The van der Waals surface area contributed by atoms with E-state index in [9.17, 15) is 4.79 Å². The Morgan fingerprint density at radius 2 is 1.91 bits per heavy atom. The molecular weight excluding hydrogens is 312 g/mol. The first kappa shape index (κ1) is 17.3. The summed E-state index contributed by atoms with van der Waals surface area (Å²) < 4.78 is 5.25. The monoisotopic (exact) mass is 332 g/mol. The van der Waals surface area contributed by atoms with E-state index in [2.05, 4.69) is 10.6 Å². The summed E-state index contributed by atoms with van der Waals surface area (Å²) in [4.78, 5) is 12.0. The van der Waals surface area contributed by atoms with Crippen LogP contribution in [0.15, 0.2) is 42.5 Å². The molecule has 0 fully saturated rings. The molecule has 0 aliphatic rings. The van der Waals surface area contributed by atoms with Crippen LogP contribution in [0.4, 0.5) is 5.69 Å². The molecule has 122 valence electrons. The maximum absolute atomic E-state index is 12.0. The highest BCUT2D eigenvalue weighted by atomic mass is 35.5. The van der Waals surface area contributed by atoms with E-state index in [4.69, 9.17) is 16.3 Å². The van der Waals surface area contributed by atoms with Gasteiger partial charge >= 0.3 is 0 Å². The van der Waals surface area contributed by atoms with Gasteiger partial charge in [0.05, 0.1) is 12.8 Å². The molecule has 2 aromatic carbocycles. The van der Waals surface area contributed by atoms with Crippen LogP contribution in [0.1, 0.15) is 17.5 Å².